The molecule has 1 aromatic carbocycles. The van der Waals surface area contributed by atoms with Crippen molar-refractivity contribution in [3.63, 3.8) is 0 Å². The van der Waals surface area contributed by atoms with E-state index >= 15 is 0 Å². The maximum Gasteiger partial charge on any atom is 0.135 e. The van der Waals surface area contributed by atoms with Crippen LogP contribution < -0.4 is 10.5 Å². The minimum absolute atomic E-state index is 0.223. The summed E-state index contributed by atoms with van der Waals surface area (Å²) in [5, 5.41) is 0. The monoisotopic (exact) mass is 231 g/mol. The molecule has 0 radical (unpaired) electrons. The number of ether oxygens (including phenoxy) is 1. The van der Waals surface area contributed by atoms with E-state index in [0.29, 0.717) is 6.54 Å². The summed E-state index contributed by atoms with van der Waals surface area (Å²) in [6.07, 6.45) is 2.40. The van der Waals surface area contributed by atoms with Crippen LogP contribution in [-0.2, 0) is 0 Å². The van der Waals surface area contributed by atoms with E-state index in [1.807, 2.05) is 25.1 Å². The summed E-state index contributed by atoms with van der Waals surface area (Å²) in [6.45, 7) is 6.67. The Labute approximate surface area is 104 Å². The number of nitrogens with two attached hydrogens (primary N) is 1. The maximum atomic E-state index is 5.89. The first-order valence-electron chi connectivity index (χ1n) is 6.13. The van der Waals surface area contributed by atoms with E-state index in [0.717, 1.165) is 24.2 Å². The number of rotatable bonds is 4. The van der Waals surface area contributed by atoms with Gasteiger partial charge in [0, 0.05) is 0 Å². The molecule has 17 heavy (non-hydrogen) atoms. The standard InChI is InChI=1S/C15H21NO/c1-4-6-13(3)17-15-9-8-12(2)11-14(15)7-5-10-16/h8-9,11,13H,4,6,10,16H2,1-3H3. The third-order valence-electron chi connectivity index (χ3n) is 2.48. The molecule has 2 N–H and O–H groups in total. The highest BCUT2D eigenvalue weighted by atomic mass is 16.5. The fraction of sp³-hybridized carbons (Fsp3) is 0.467. The fourth-order valence-electron chi connectivity index (χ4n) is 1.67. The van der Waals surface area contributed by atoms with Crippen molar-refractivity contribution < 1.29 is 4.74 Å². The largest absolute Gasteiger partial charge is 0.489 e. The number of hydrogen-bond acceptors (Lipinski definition) is 2. The van der Waals surface area contributed by atoms with E-state index in [2.05, 4.69) is 25.7 Å². The summed E-state index contributed by atoms with van der Waals surface area (Å²) in [5.41, 5.74) is 7.51. The molecule has 1 atom stereocenters. The molecular weight excluding hydrogens is 210 g/mol. The Kier molecular flexibility index (Phi) is 5.59. The molecule has 0 spiro atoms. The smallest absolute Gasteiger partial charge is 0.135 e. The highest BCUT2D eigenvalue weighted by Crippen LogP contribution is 2.21. The Morgan fingerprint density at radius 2 is 2.18 bits per heavy atom. The molecular formula is C15H21NO. The Balaban J connectivity index is 2.89. The van der Waals surface area contributed by atoms with Crippen molar-refractivity contribution in [2.75, 3.05) is 6.54 Å². The van der Waals surface area contributed by atoms with Crippen molar-refractivity contribution in [3.05, 3.63) is 29.3 Å². The van der Waals surface area contributed by atoms with E-state index in [4.69, 9.17) is 10.5 Å². The van der Waals surface area contributed by atoms with Crippen LogP contribution in [0.1, 0.15) is 37.8 Å². The highest BCUT2D eigenvalue weighted by molar-refractivity contribution is 5.48. The lowest BCUT2D eigenvalue weighted by molar-refractivity contribution is 0.209. The van der Waals surface area contributed by atoms with Gasteiger partial charge < -0.3 is 10.5 Å². The van der Waals surface area contributed by atoms with E-state index < -0.39 is 0 Å². The van der Waals surface area contributed by atoms with Gasteiger partial charge in [-0.05, 0) is 38.0 Å². The molecule has 0 aromatic heterocycles. The third-order valence-corrected chi connectivity index (χ3v) is 2.48. The summed E-state index contributed by atoms with van der Waals surface area (Å²) in [4.78, 5) is 0. The zero-order valence-electron chi connectivity index (χ0n) is 10.9. The van der Waals surface area contributed by atoms with Gasteiger partial charge in [0.25, 0.3) is 0 Å². The average molecular weight is 231 g/mol. The fourth-order valence-corrected chi connectivity index (χ4v) is 1.67. The van der Waals surface area contributed by atoms with Gasteiger partial charge in [-0.1, -0.05) is 31.3 Å². The first-order valence-corrected chi connectivity index (χ1v) is 6.13. The summed E-state index contributed by atoms with van der Waals surface area (Å²) < 4.78 is 5.89. The molecule has 92 valence electrons. The maximum absolute atomic E-state index is 5.89. The van der Waals surface area contributed by atoms with Gasteiger partial charge in [0.05, 0.1) is 18.2 Å². The number of aryl methyl sites for hydroxylation is 1. The Morgan fingerprint density at radius 1 is 1.41 bits per heavy atom. The van der Waals surface area contributed by atoms with Gasteiger partial charge in [-0.15, -0.1) is 0 Å². The summed E-state index contributed by atoms with van der Waals surface area (Å²) in [6, 6.07) is 6.07. The lowest BCUT2D eigenvalue weighted by Gasteiger charge is -2.15. The second-order valence-electron chi connectivity index (χ2n) is 4.22. The normalized spacial score (nSPS) is 11.5. The van der Waals surface area contributed by atoms with Crippen molar-refractivity contribution in [2.24, 2.45) is 5.73 Å². The van der Waals surface area contributed by atoms with Crippen LogP contribution in [0.2, 0.25) is 0 Å². The molecule has 2 nitrogen and oxygen atoms in total. The van der Waals surface area contributed by atoms with Crippen LogP contribution in [-0.4, -0.2) is 12.6 Å². The molecule has 0 fully saturated rings. The van der Waals surface area contributed by atoms with Crippen LogP contribution in [0.3, 0.4) is 0 Å². The molecule has 1 aromatic rings. The van der Waals surface area contributed by atoms with E-state index in [9.17, 15) is 0 Å². The van der Waals surface area contributed by atoms with Gasteiger partial charge in [-0.3, -0.25) is 0 Å². The topological polar surface area (TPSA) is 35.2 Å². The second kappa shape index (κ2) is 6.98. The molecule has 0 heterocycles. The van der Waals surface area contributed by atoms with Crippen LogP contribution >= 0.6 is 0 Å². The van der Waals surface area contributed by atoms with Crippen LogP contribution in [0.5, 0.6) is 5.75 Å². The molecule has 0 aliphatic carbocycles. The molecule has 0 aliphatic heterocycles. The Morgan fingerprint density at radius 3 is 2.82 bits per heavy atom. The minimum atomic E-state index is 0.223. The minimum Gasteiger partial charge on any atom is -0.489 e. The Hall–Kier alpha value is -1.46. The third kappa shape index (κ3) is 4.50. The second-order valence-corrected chi connectivity index (χ2v) is 4.22. The number of hydrogen-bond donors (Lipinski definition) is 1. The van der Waals surface area contributed by atoms with Crippen molar-refractivity contribution in [1.29, 1.82) is 0 Å². The van der Waals surface area contributed by atoms with Gasteiger partial charge in [-0.25, -0.2) is 0 Å². The number of benzene rings is 1. The van der Waals surface area contributed by atoms with E-state index in [1.165, 1.54) is 5.56 Å². The summed E-state index contributed by atoms with van der Waals surface area (Å²) >= 11 is 0. The molecule has 1 unspecified atom stereocenters. The average Bonchev–Trinajstić information content (AvgIpc) is 2.30. The zero-order valence-corrected chi connectivity index (χ0v) is 10.9. The van der Waals surface area contributed by atoms with Gasteiger partial charge in [0.15, 0.2) is 0 Å². The lowest BCUT2D eigenvalue weighted by Crippen LogP contribution is -2.11. The predicted octanol–water partition coefficient (Wildman–Crippen LogP) is 2.87. The molecule has 0 amide bonds. The first-order chi connectivity index (χ1) is 8.17. The van der Waals surface area contributed by atoms with Crippen molar-refractivity contribution in [3.8, 4) is 17.6 Å². The first kappa shape index (κ1) is 13.6. The molecule has 0 saturated heterocycles. The SMILES string of the molecule is CCCC(C)Oc1ccc(C)cc1C#CCN. The molecule has 2 heteroatoms. The molecule has 0 aliphatic rings. The van der Waals surface area contributed by atoms with Crippen LogP contribution in [0, 0.1) is 18.8 Å². The quantitative estimate of drug-likeness (QED) is 0.809. The Bertz CT molecular complexity index is 415. The van der Waals surface area contributed by atoms with Gasteiger partial charge in [-0.2, -0.15) is 0 Å². The summed E-state index contributed by atoms with van der Waals surface area (Å²) in [7, 11) is 0. The van der Waals surface area contributed by atoms with Gasteiger partial charge >= 0.3 is 0 Å². The van der Waals surface area contributed by atoms with E-state index in [-0.39, 0.29) is 6.10 Å². The lowest BCUT2D eigenvalue weighted by atomic mass is 10.1. The van der Waals surface area contributed by atoms with Crippen molar-refractivity contribution in [1.82, 2.24) is 0 Å². The molecule has 1 rings (SSSR count). The molecule has 0 saturated carbocycles. The van der Waals surface area contributed by atoms with Gasteiger partial charge in [0.2, 0.25) is 0 Å². The summed E-state index contributed by atoms with van der Waals surface area (Å²) in [5.74, 6) is 6.80. The van der Waals surface area contributed by atoms with Crippen LogP contribution in [0.25, 0.3) is 0 Å². The van der Waals surface area contributed by atoms with Crippen LogP contribution in [0.15, 0.2) is 18.2 Å². The highest BCUT2D eigenvalue weighted by Gasteiger charge is 2.06. The predicted molar refractivity (Wildman–Crippen MR) is 72.1 cm³/mol. The van der Waals surface area contributed by atoms with Gasteiger partial charge in [0.1, 0.15) is 5.75 Å². The van der Waals surface area contributed by atoms with Crippen molar-refractivity contribution in [2.45, 2.75) is 39.7 Å². The van der Waals surface area contributed by atoms with Crippen molar-refractivity contribution >= 4 is 0 Å². The van der Waals surface area contributed by atoms with Crippen LogP contribution in [0.4, 0.5) is 0 Å². The molecule has 0 bridgehead atoms. The zero-order chi connectivity index (χ0) is 12.7. The van der Waals surface area contributed by atoms with E-state index in [1.54, 1.807) is 0 Å².